The number of hydrogen-bond acceptors (Lipinski definition) is 2. The fourth-order valence-electron chi connectivity index (χ4n) is 2.84. The van der Waals surface area contributed by atoms with Crippen molar-refractivity contribution in [2.45, 2.75) is 20.3 Å². The number of amides is 2. The van der Waals surface area contributed by atoms with Crippen molar-refractivity contribution in [2.24, 2.45) is 0 Å². The quantitative estimate of drug-likeness (QED) is 0.554. The Labute approximate surface area is 173 Å². The van der Waals surface area contributed by atoms with E-state index in [1.807, 2.05) is 56.3 Å². The smallest absolute Gasteiger partial charge is 0.255 e. The molecule has 4 nitrogen and oxygen atoms in total. The van der Waals surface area contributed by atoms with Gasteiger partial charge in [-0.05, 0) is 67.4 Å². The van der Waals surface area contributed by atoms with Crippen molar-refractivity contribution < 1.29 is 9.59 Å². The summed E-state index contributed by atoms with van der Waals surface area (Å²) in [6, 6.07) is 20.4. The molecule has 3 aromatic rings. The van der Waals surface area contributed by atoms with Gasteiger partial charge < -0.3 is 10.6 Å². The predicted octanol–water partition coefficient (Wildman–Crippen LogP) is 5.50. The molecule has 3 aromatic carbocycles. The van der Waals surface area contributed by atoms with Gasteiger partial charge in [0.15, 0.2) is 0 Å². The molecule has 0 unspecified atom stereocenters. The second-order valence-electron chi connectivity index (χ2n) is 6.70. The van der Waals surface area contributed by atoms with E-state index in [1.54, 1.807) is 24.3 Å². The van der Waals surface area contributed by atoms with Gasteiger partial charge >= 0.3 is 0 Å². The number of anilines is 2. The molecule has 2 N–H and O–H groups in total. The Morgan fingerprint density at radius 3 is 2.18 bits per heavy atom. The van der Waals surface area contributed by atoms with Gasteiger partial charge in [0.25, 0.3) is 5.91 Å². The summed E-state index contributed by atoms with van der Waals surface area (Å²) >= 11 is 3.35. The molecule has 142 valence electrons. The second-order valence-corrected chi connectivity index (χ2v) is 7.62. The molecule has 0 fully saturated rings. The number of halogens is 1. The predicted molar refractivity (Wildman–Crippen MR) is 117 cm³/mol. The van der Waals surface area contributed by atoms with Gasteiger partial charge in [-0.25, -0.2) is 0 Å². The highest BCUT2D eigenvalue weighted by Gasteiger charge is 2.08. The normalized spacial score (nSPS) is 10.4. The van der Waals surface area contributed by atoms with E-state index >= 15 is 0 Å². The summed E-state index contributed by atoms with van der Waals surface area (Å²) in [5.41, 5.74) is 5.18. The maximum atomic E-state index is 12.3. The molecule has 0 saturated heterocycles. The lowest BCUT2D eigenvalue weighted by atomic mass is 10.1. The van der Waals surface area contributed by atoms with E-state index < -0.39 is 0 Å². The molecule has 2 amide bonds. The summed E-state index contributed by atoms with van der Waals surface area (Å²) in [7, 11) is 0. The Morgan fingerprint density at radius 2 is 1.54 bits per heavy atom. The number of benzene rings is 3. The highest BCUT2D eigenvalue weighted by Crippen LogP contribution is 2.17. The van der Waals surface area contributed by atoms with Gasteiger partial charge in [0.2, 0.25) is 5.91 Å². The number of hydrogen-bond donors (Lipinski definition) is 2. The lowest BCUT2D eigenvalue weighted by molar-refractivity contribution is -0.115. The SMILES string of the molecule is Cc1ccc(NC(=O)Cc2ccc(NC(=O)c3ccc(Br)cc3)cc2)c(C)c1. The van der Waals surface area contributed by atoms with Crippen LogP contribution in [0.25, 0.3) is 0 Å². The standard InChI is InChI=1S/C23H21BrN2O2/c1-15-3-12-21(16(2)13-15)26-22(27)14-17-4-10-20(11-5-17)25-23(28)18-6-8-19(24)9-7-18/h3-13H,14H2,1-2H3,(H,25,28)(H,26,27). The minimum Gasteiger partial charge on any atom is -0.326 e. The van der Waals surface area contributed by atoms with Crippen molar-refractivity contribution in [3.8, 4) is 0 Å². The van der Waals surface area contributed by atoms with Crippen LogP contribution in [0, 0.1) is 13.8 Å². The van der Waals surface area contributed by atoms with Crippen LogP contribution in [0.3, 0.4) is 0 Å². The summed E-state index contributed by atoms with van der Waals surface area (Å²) < 4.78 is 0.924. The third kappa shape index (κ3) is 5.30. The minimum absolute atomic E-state index is 0.0707. The third-order valence-corrected chi connectivity index (χ3v) is 4.87. The van der Waals surface area contributed by atoms with Crippen LogP contribution in [-0.4, -0.2) is 11.8 Å². The maximum absolute atomic E-state index is 12.3. The first-order chi connectivity index (χ1) is 13.4. The van der Waals surface area contributed by atoms with Gasteiger partial charge in [0.1, 0.15) is 0 Å². The summed E-state index contributed by atoms with van der Waals surface area (Å²) in [6.45, 7) is 4.00. The number of carbonyl (C=O) groups is 2. The van der Waals surface area contributed by atoms with E-state index in [4.69, 9.17) is 0 Å². The Hall–Kier alpha value is -2.92. The van der Waals surface area contributed by atoms with Crippen LogP contribution >= 0.6 is 15.9 Å². The van der Waals surface area contributed by atoms with Crippen LogP contribution in [0.1, 0.15) is 27.0 Å². The van der Waals surface area contributed by atoms with Gasteiger partial charge in [-0.1, -0.05) is 45.8 Å². The summed E-state index contributed by atoms with van der Waals surface area (Å²) in [4.78, 5) is 24.6. The zero-order chi connectivity index (χ0) is 20.1. The largest absolute Gasteiger partial charge is 0.326 e. The van der Waals surface area contributed by atoms with E-state index in [9.17, 15) is 9.59 Å². The first kappa shape index (κ1) is 19.8. The molecule has 0 spiro atoms. The topological polar surface area (TPSA) is 58.2 Å². The molecule has 0 atom stereocenters. The Bertz CT molecular complexity index is 996. The molecule has 0 radical (unpaired) electrons. The average molecular weight is 437 g/mol. The fraction of sp³-hybridized carbons (Fsp3) is 0.130. The monoisotopic (exact) mass is 436 g/mol. The van der Waals surface area contributed by atoms with Crippen molar-refractivity contribution in [2.75, 3.05) is 10.6 Å². The molecular weight excluding hydrogens is 416 g/mol. The first-order valence-corrected chi connectivity index (χ1v) is 9.73. The van der Waals surface area contributed by atoms with Crippen molar-refractivity contribution in [3.63, 3.8) is 0 Å². The molecule has 0 aromatic heterocycles. The van der Waals surface area contributed by atoms with E-state index in [-0.39, 0.29) is 18.2 Å². The molecular formula is C23H21BrN2O2. The first-order valence-electron chi connectivity index (χ1n) is 8.94. The molecule has 0 heterocycles. The summed E-state index contributed by atoms with van der Waals surface area (Å²) in [5, 5.41) is 5.80. The molecule has 0 aliphatic heterocycles. The molecule has 28 heavy (non-hydrogen) atoms. The lowest BCUT2D eigenvalue weighted by Gasteiger charge is -2.10. The highest BCUT2D eigenvalue weighted by atomic mass is 79.9. The van der Waals surface area contributed by atoms with Crippen LogP contribution in [0.2, 0.25) is 0 Å². The number of aryl methyl sites for hydroxylation is 2. The van der Waals surface area contributed by atoms with E-state index in [1.165, 1.54) is 0 Å². The lowest BCUT2D eigenvalue weighted by Crippen LogP contribution is -2.15. The van der Waals surface area contributed by atoms with Crippen molar-refractivity contribution in [1.82, 2.24) is 0 Å². The van der Waals surface area contributed by atoms with Crippen LogP contribution in [0.4, 0.5) is 11.4 Å². The van der Waals surface area contributed by atoms with E-state index in [2.05, 4.69) is 26.6 Å². The van der Waals surface area contributed by atoms with E-state index in [0.717, 1.165) is 26.9 Å². The van der Waals surface area contributed by atoms with Crippen molar-refractivity contribution in [3.05, 3.63) is 93.5 Å². The average Bonchev–Trinajstić information content (AvgIpc) is 2.66. The maximum Gasteiger partial charge on any atom is 0.255 e. The Morgan fingerprint density at radius 1 is 0.857 bits per heavy atom. The molecule has 3 rings (SSSR count). The molecule has 0 aliphatic rings. The zero-order valence-corrected chi connectivity index (χ0v) is 17.3. The van der Waals surface area contributed by atoms with Crippen LogP contribution in [0.15, 0.2) is 71.2 Å². The minimum atomic E-state index is -0.173. The van der Waals surface area contributed by atoms with E-state index in [0.29, 0.717) is 11.3 Å². The summed E-state index contributed by atoms with van der Waals surface area (Å²) in [5.74, 6) is -0.244. The molecule has 0 aliphatic carbocycles. The number of rotatable bonds is 5. The van der Waals surface area contributed by atoms with Gasteiger partial charge in [-0.2, -0.15) is 0 Å². The summed E-state index contributed by atoms with van der Waals surface area (Å²) in [6.07, 6.45) is 0.272. The Kier molecular flexibility index (Phi) is 6.26. The molecule has 5 heteroatoms. The van der Waals surface area contributed by atoms with Gasteiger partial charge in [-0.15, -0.1) is 0 Å². The van der Waals surface area contributed by atoms with Crippen molar-refractivity contribution in [1.29, 1.82) is 0 Å². The third-order valence-electron chi connectivity index (χ3n) is 4.34. The number of nitrogens with one attached hydrogen (secondary N) is 2. The fourth-order valence-corrected chi connectivity index (χ4v) is 3.11. The highest BCUT2D eigenvalue weighted by molar-refractivity contribution is 9.10. The molecule has 0 saturated carbocycles. The molecule has 0 bridgehead atoms. The van der Waals surface area contributed by atoms with Gasteiger partial charge in [0.05, 0.1) is 6.42 Å². The Balaban J connectivity index is 1.58. The van der Waals surface area contributed by atoms with Gasteiger partial charge in [0, 0.05) is 21.4 Å². The zero-order valence-electron chi connectivity index (χ0n) is 15.8. The van der Waals surface area contributed by atoms with Crippen LogP contribution < -0.4 is 10.6 Å². The second kappa shape index (κ2) is 8.85. The van der Waals surface area contributed by atoms with Crippen LogP contribution in [0.5, 0.6) is 0 Å². The number of carbonyl (C=O) groups excluding carboxylic acids is 2. The van der Waals surface area contributed by atoms with Crippen molar-refractivity contribution >= 4 is 39.1 Å². The van der Waals surface area contributed by atoms with Gasteiger partial charge in [-0.3, -0.25) is 9.59 Å². The van der Waals surface area contributed by atoms with Crippen LogP contribution in [-0.2, 0) is 11.2 Å².